The molecule has 5 rings (SSSR count). The second-order valence-corrected chi connectivity index (χ2v) is 8.63. The van der Waals surface area contributed by atoms with E-state index in [9.17, 15) is 14.4 Å². The van der Waals surface area contributed by atoms with Gasteiger partial charge in [-0.3, -0.25) is 19.3 Å². The average Bonchev–Trinajstić information content (AvgIpc) is 3.34. The highest BCUT2D eigenvalue weighted by molar-refractivity contribution is 6.21. The lowest BCUT2D eigenvalue weighted by molar-refractivity contribution is -0.138. The SMILES string of the molecule is O=C1c2ccccc2C(=O)N1CCc1nnn(CC(=O)N2CCC[C@H]3CCCC[C@@H]32)n1. The Hall–Kier alpha value is -3.10. The molecule has 0 N–H and O–H groups in total. The maximum Gasteiger partial charge on any atom is 0.261 e. The summed E-state index contributed by atoms with van der Waals surface area (Å²) in [6, 6.07) is 7.16. The Morgan fingerprint density at radius 1 is 1.00 bits per heavy atom. The maximum absolute atomic E-state index is 12.9. The van der Waals surface area contributed by atoms with Gasteiger partial charge in [0, 0.05) is 25.6 Å². The van der Waals surface area contributed by atoms with Gasteiger partial charge in [0.1, 0.15) is 6.54 Å². The van der Waals surface area contributed by atoms with Gasteiger partial charge in [0.25, 0.3) is 11.8 Å². The molecule has 0 bridgehead atoms. The van der Waals surface area contributed by atoms with E-state index in [-0.39, 0.29) is 30.8 Å². The van der Waals surface area contributed by atoms with Crippen LogP contribution in [0.4, 0.5) is 0 Å². The zero-order valence-electron chi connectivity index (χ0n) is 17.4. The van der Waals surface area contributed by atoms with E-state index in [0.29, 0.717) is 35.3 Å². The molecule has 2 atom stereocenters. The number of tetrazole rings is 1. The van der Waals surface area contributed by atoms with Gasteiger partial charge in [-0.25, -0.2) is 0 Å². The first kappa shape index (κ1) is 19.8. The third kappa shape index (κ3) is 3.73. The average molecular weight is 422 g/mol. The van der Waals surface area contributed by atoms with Gasteiger partial charge in [-0.2, -0.15) is 4.80 Å². The van der Waals surface area contributed by atoms with Crippen molar-refractivity contribution in [2.45, 2.75) is 57.5 Å². The van der Waals surface area contributed by atoms with Crippen LogP contribution in [-0.2, 0) is 17.8 Å². The van der Waals surface area contributed by atoms with Crippen molar-refractivity contribution in [3.63, 3.8) is 0 Å². The fourth-order valence-electron chi connectivity index (χ4n) is 5.24. The molecule has 3 amide bonds. The van der Waals surface area contributed by atoms with Gasteiger partial charge in [-0.1, -0.05) is 25.0 Å². The van der Waals surface area contributed by atoms with Gasteiger partial charge in [-0.15, -0.1) is 10.2 Å². The van der Waals surface area contributed by atoms with Crippen molar-refractivity contribution in [2.24, 2.45) is 5.92 Å². The lowest BCUT2D eigenvalue weighted by Gasteiger charge is -2.44. The van der Waals surface area contributed by atoms with Crippen LogP contribution in [0.3, 0.4) is 0 Å². The smallest absolute Gasteiger partial charge is 0.261 e. The van der Waals surface area contributed by atoms with E-state index in [1.54, 1.807) is 24.3 Å². The summed E-state index contributed by atoms with van der Waals surface area (Å²) < 4.78 is 0. The number of hydrogen-bond donors (Lipinski definition) is 0. The molecule has 1 saturated heterocycles. The second-order valence-electron chi connectivity index (χ2n) is 8.63. The highest BCUT2D eigenvalue weighted by Crippen LogP contribution is 2.35. The fourth-order valence-corrected chi connectivity index (χ4v) is 5.24. The summed E-state index contributed by atoms with van der Waals surface area (Å²) in [7, 11) is 0. The summed E-state index contributed by atoms with van der Waals surface area (Å²) in [6.45, 7) is 1.06. The van der Waals surface area contributed by atoms with Crippen LogP contribution in [-0.4, -0.2) is 66.9 Å². The number of aromatic nitrogens is 4. The van der Waals surface area contributed by atoms with Crippen LogP contribution in [0.1, 0.15) is 65.1 Å². The summed E-state index contributed by atoms with van der Waals surface area (Å²) in [5, 5.41) is 12.3. The van der Waals surface area contributed by atoms with Gasteiger partial charge < -0.3 is 4.90 Å². The predicted molar refractivity (Wildman–Crippen MR) is 110 cm³/mol. The molecule has 0 spiro atoms. The second kappa shape index (κ2) is 8.20. The van der Waals surface area contributed by atoms with Gasteiger partial charge >= 0.3 is 0 Å². The highest BCUT2D eigenvalue weighted by Gasteiger charge is 2.36. The fraction of sp³-hybridized carbons (Fsp3) is 0.545. The standard InChI is InChI=1S/C22H26N6O3/c29-20(26-12-5-7-15-6-1-4-10-18(15)26)14-28-24-19(23-25-28)11-13-27-21(30)16-8-2-3-9-17(16)22(27)31/h2-3,8-9,15,18H,1,4-7,10-14H2/t15-,18+/m1/s1. The number of carbonyl (C=O) groups is 3. The van der Waals surface area contributed by atoms with E-state index in [2.05, 4.69) is 15.4 Å². The van der Waals surface area contributed by atoms with E-state index >= 15 is 0 Å². The number of nitrogens with zero attached hydrogens (tertiary/aromatic N) is 6. The molecule has 1 aromatic heterocycles. The largest absolute Gasteiger partial charge is 0.338 e. The first-order valence-electron chi connectivity index (χ1n) is 11.1. The van der Waals surface area contributed by atoms with E-state index in [0.717, 1.165) is 19.4 Å². The van der Waals surface area contributed by atoms with Gasteiger partial charge in [0.2, 0.25) is 5.91 Å². The van der Waals surface area contributed by atoms with Crippen LogP contribution >= 0.6 is 0 Å². The van der Waals surface area contributed by atoms with Crippen molar-refractivity contribution in [3.05, 3.63) is 41.2 Å². The molecule has 2 fully saturated rings. The quantitative estimate of drug-likeness (QED) is 0.680. The molecular weight excluding hydrogens is 396 g/mol. The number of likely N-dealkylation sites (tertiary alicyclic amines) is 1. The number of carbonyl (C=O) groups excluding carboxylic acids is 3. The Bertz CT molecular complexity index is 981. The molecule has 1 aromatic carbocycles. The topological polar surface area (TPSA) is 101 Å². The van der Waals surface area contributed by atoms with Gasteiger partial charge in [0.05, 0.1) is 11.1 Å². The minimum absolute atomic E-state index is 0.0425. The summed E-state index contributed by atoms with van der Waals surface area (Å²) in [5.41, 5.74) is 0.856. The summed E-state index contributed by atoms with van der Waals surface area (Å²) >= 11 is 0. The Morgan fingerprint density at radius 3 is 2.48 bits per heavy atom. The normalized spacial score (nSPS) is 23.1. The van der Waals surface area contributed by atoms with Crippen molar-refractivity contribution >= 4 is 17.7 Å². The van der Waals surface area contributed by atoms with Crippen LogP contribution in [0.5, 0.6) is 0 Å². The first-order valence-corrected chi connectivity index (χ1v) is 11.1. The van der Waals surface area contributed by atoms with Crippen molar-refractivity contribution in [3.8, 4) is 0 Å². The number of hydrogen-bond acceptors (Lipinski definition) is 6. The molecule has 0 radical (unpaired) electrons. The monoisotopic (exact) mass is 422 g/mol. The predicted octanol–water partition coefficient (Wildman–Crippen LogP) is 1.69. The number of rotatable bonds is 5. The highest BCUT2D eigenvalue weighted by atomic mass is 16.2. The minimum atomic E-state index is -0.296. The van der Waals surface area contributed by atoms with Crippen LogP contribution in [0, 0.1) is 5.92 Å². The Kier molecular flexibility index (Phi) is 5.25. The molecule has 162 valence electrons. The number of imide groups is 1. The molecule has 2 aromatic rings. The van der Waals surface area contributed by atoms with Gasteiger partial charge in [0.15, 0.2) is 5.82 Å². The number of benzene rings is 1. The molecular formula is C22H26N6O3. The minimum Gasteiger partial charge on any atom is -0.338 e. The van der Waals surface area contributed by atoms with Crippen molar-refractivity contribution in [1.82, 2.24) is 30.0 Å². The van der Waals surface area contributed by atoms with Crippen molar-refractivity contribution in [1.29, 1.82) is 0 Å². The molecule has 31 heavy (non-hydrogen) atoms. The molecule has 3 aliphatic rings. The van der Waals surface area contributed by atoms with Crippen molar-refractivity contribution in [2.75, 3.05) is 13.1 Å². The molecule has 0 unspecified atom stereocenters. The molecule has 1 aliphatic carbocycles. The third-order valence-corrected chi connectivity index (χ3v) is 6.77. The Labute approximate surface area is 180 Å². The zero-order valence-corrected chi connectivity index (χ0v) is 17.4. The molecule has 9 heteroatoms. The van der Waals surface area contributed by atoms with E-state index < -0.39 is 0 Å². The molecule has 2 aliphatic heterocycles. The van der Waals surface area contributed by atoms with Crippen molar-refractivity contribution < 1.29 is 14.4 Å². The van der Waals surface area contributed by atoms with Crippen LogP contribution in [0.15, 0.2) is 24.3 Å². The van der Waals surface area contributed by atoms with Gasteiger partial charge in [-0.05, 0) is 48.9 Å². The lowest BCUT2D eigenvalue weighted by atomic mass is 9.78. The Balaban J connectivity index is 1.19. The molecule has 1 saturated carbocycles. The number of fused-ring (bicyclic) bond motifs is 2. The van der Waals surface area contributed by atoms with E-state index in [4.69, 9.17) is 0 Å². The van der Waals surface area contributed by atoms with E-state index in [1.807, 2.05) is 4.90 Å². The zero-order chi connectivity index (χ0) is 21.4. The first-order chi connectivity index (χ1) is 15.1. The molecule has 3 heterocycles. The number of piperidine rings is 1. The van der Waals surface area contributed by atoms with Crippen LogP contribution in [0.2, 0.25) is 0 Å². The summed E-state index contributed by atoms with van der Waals surface area (Å²) in [5.74, 6) is 0.496. The maximum atomic E-state index is 12.9. The van der Waals surface area contributed by atoms with Crippen LogP contribution < -0.4 is 0 Å². The third-order valence-electron chi connectivity index (χ3n) is 6.77. The van der Waals surface area contributed by atoms with E-state index in [1.165, 1.54) is 35.4 Å². The molecule has 9 nitrogen and oxygen atoms in total. The Morgan fingerprint density at radius 2 is 1.71 bits per heavy atom. The van der Waals surface area contributed by atoms with Crippen LogP contribution in [0.25, 0.3) is 0 Å². The summed E-state index contributed by atoms with van der Waals surface area (Å²) in [4.78, 5) is 42.4. The summed E-state index contributed by atoms with van der Waals surface area (Å²) in [6.07, 6.45) is 7.35. The number of amides is 3. The lowest BCUT2D eigenvalue weighted by Crippen LogP contribution is -2.50.